The quantitative estimate of drug-likeness (QED) is 0.791. The molecule has 1 aliphatic carbocycles. The minimum Gasteiger partial charge on any atom is -0.491 e. The van der Waals surface area contributed by atoms with Gasteiger partial charge >= 0.3 is 0 Å². The Morgan fingerprint density at radius 1 is 1.47 bits per heavy atom. The molecule has 0 aromatic heterocycles. The first kappa shape index (κ1) is 12.4. The molecule has 1 aromatic carbocycles. The topological polar surface area (TPSA) is 41.5 Å². The first-order valence-electron chi connectivity index (χ1n) is 6.20. The van der Waals surface area contributed by atoms with Crippen LogP contribution in [0.15, 0.2) is 24.3 Å². The SMILES string of the molecule is Cc1cccc(OCC(C)(O)CNC2CC2)c1. The highest BCUT2D eigenvalue weighted by Crippen LogP contribution is 2.20. The third-order valence-corrected chi connectivity index (χ3v) is 2.89. The lowest BCUT2D eigenvalue weighted by atomic mass is 10.1. The number of nitrogens with one attached hydrogen (secondary N) is 1. The number of aryl methyl sites for hydroxylation is 1. The third-order valence-electron chi connectivity index (χ3n) is 2.89. The molecule has 3 heteroatoms. The molecule has 2 rings (SSSR count). The van der Waals surface area contributed by atoms with E-state index in [0.717, 1.165) is 5.75 Å². The molecule has 1 aliphatic rings. The summed E-state index contributed by atoms with van der Waals surface area (Å²) in [5.74, 6) is 0.816. The largest absolute Gasteiger partial charge is 0.491 e. The standard InChI is InChI=1S/C14H21NO2/c1-11-4-3-5-13(8-11)17-10-14(2,16)9-15-12-6-7-12/h3-5,8,12,15-16H,6-7,9-10H2,1-2H3. The van der Waals surface area contributed by atoms with Crippen LogP contribution in [0, 0.1) is 6.92 Å². The van der Waals surface area contributed by atoms with Gasteiger partial charge in [0.25, 0.3) is 0 Å². The van der Waals surface area contributed by atoms with E-state index < -0.39 is 5.60 Å². The highest BCUT2D eigenvalue weighted by Gasteiger charge is 2.27. The molecule has 0 saturated heterocycles. The maximum Gasteiger partial charge on any atom is 0.119 e. The fourth-order valence-electron chi connectivity index (χ4n) is 1.65. The second-order valence-corrected chi connectivity index (χ2v) is 5.26. The van der Waals surface area contributed by atoms with Gasteiger partial charge in [-0.1, -0.05) is 12.1 Å². The Bertz CT molecular complexity index is 372. The lowest BCUT2D eigenvalue weighted by Gasteiger charge is -2.24. The number of ether oxygens (including phenoxy) is 1. The van der Waals surface area contributed by atoms with Crippen molar-refractivity contribution in [3.8, 4) is 5.75 Å². The van der Waals surface area contributed by atoms with Gasteiger partial charge in [0.1, 0.15) is 18.0 Å². The van der Waals surface area contributed by atoms with E-state index in [1.165, 1.54) is 18.4 Å². The van der Waals surface area contributed by atoms with Crippen molar-refractivity contribution in [1.82, 2.24) is 5.32 Å². The van der Waals surface area contributed by atoms with Crippen LogP contribution in [0.25, 0.3) is 0 Å². The van der Waals surface area contributed by atoms with E-state index in [4.69, 9.17) is 4.74 Å². The summed E-state index contributed by atoms with van der Waals surface area (Å²) in [6.07, 6.45) is 2.46. The van der Waals surface area contributed by atoms with E-state index in [1.807, 2.05) is 31.2 Å². The molecule has 0 amide bonds. The van der Waals surface area contributed by atoms with Crippen LogP contribution < -0.4 is 10.1 Å². The predicted molar refractivity (Wildman–Crippen MR) is 68.3 cm³/mol. The molecule has 1 unspecified atom stereocenters. The van der Waals surface area contributed by atoms with E-state index in [2.05, 4.69) is 5.32 Å². The van der Waals surface area contributed by atoms with Crippen LogP contribution in [0.4, 0.5) is 0 Å². The van der Waals surface area contributed by atoms with Gasteiger partial charge < -0.3 is 15.2 Å². The van der Waals surface area contributed by atoms with Crippen molar-refractivity contribution in [1.29, 1.82) is 0 Å². The summed E-state index contributed by atoms with van der Waals surface area (Å²) in [6, 6.07) is 8.49. The zero-order chi connectivity index (χ0) is 12.3. The van der Waals surface area contributed by atoms with Crippen molar-refractivity contribution in [2.24, 2.45) is 0 Å². The molecule has 17 heavy (non-hydrogen) atoms. The van der Waals surface area contributed by atoms with Crippen LogP contribution in [0.1, 0.15) is 25.3 Å². The number of aliphatic hydroxyl groups is 1. The fraction of sp³-hybridized carbons (Fsp3) is 0.571. The normalized spacial score (nSPS) is 18.8. The predicted octanol–water partition coefficient (Wildman–Crippen LogP) is 1.88. The first-order valence-corrected chi connectivity index (χ1v) is 6.20. The van der Waals surface area contributed by atoms with Crippen molar-refractivity contribution < 1.29 is 9.84 Å². The minimum absolute atomic E-state index is 0.316. The van der Waals surface area contributed by atoms with Crippen LogP contribution in [-0.4, -0.2) is 29.9 Å². The number of hydrogen-bond acceptors (Lipinski definition) is 3. The van der Waals surface area contributed by atoms with Gasteiger partial charge in [0, 0.05) is 12.6 Å². The highest BCUT2D eigenvalue weighted by atomic mass is 16.5. The van der Waals surface area contributed by atoms with E-state index in [9.17, 15) is 5.11 Å². The van der Waals surface area contributed by atoms with E-state index in [1.54, 1.807) is 6.92 Å². The fourth-order valence-corrected chi connectivity index (χ4v) is 1.65. The van der Waals surface area contributed by atoms with Gasteiger partial charge in [0.15, 0.2) is 0 Å². The average molecular weight is 235 g/mol. The molecular formula is C14H21NO2. The van der Waals surface area contributed by atoms with E-state index in [-0.39, 0.29) is 0 Å². The van der Waals surface area contributed by atoms with Crippen LogP contribution >= 0.6 is 0 Å². The Kier molecular flexibility index (Phi) is 3.69. The summed E-state index contributed by atoms with van der Waals surface area (Å²) in [4.78, 5) is 0. The second-order valence-electron chi connectivity index (χ2n) is 5.26. The second kappa shape index (κ2) is 5.07. The summed E-state index contributed by atoms with van der Waals surface area (Å²) in [6.45, 7) is 4.73. The van der Waals surface area contributed by atoms with Crippen molar-refractivity contribution in [3.05, 3.63) is 29.8 Å². The molecule has 1 saturated carbocycles. The van der Waals surface area contributed by atoms with Crippen molar-refractivity contribution in [2.75, 3.05) is 13.2 Å². The maximum absolute atomic E-state index is 10.1. The molecule has 0 aliphatic heterocycles. The lowest BCUT2D eigenvalue weighted by Crippen LogP contribution is -2.43. The molecule has 0 heterocycles. The van der Waals surface area contributed by atoms with Gasteiger partial charge in [-0.3, -0.25) is 0 Å². The smallest absolute Gasteiger partial charge is 0.119 e. The van der Waals surface area contributed by atoms with Gasteiger partial charge in [-0.25, -0.2) is 0 Å². The minimum atomic E-state index is -0.813. The molecule has 0 bridgehead atoms. The Labute approximate surface area is 103 Å². The van der Waals surface area contributed by atoms with Crippen LogP contribution in [0.3, 0.4) is 0 Å². The summed E-state index contributed by atoms with van der Waals surface area (Å²) in [7, 11) is 0. The molecule has 0 radical (unpaired) electrons. The Morgan fingerprint density at radius 3 is 2.88 bits per heavy atom. The zero-order valence-electron chi connectivity index (χ0n) is 10.6. The number of benzene rings is 1. The van der Waals surface area contributed by atoms with Gasteiger partial charge in [-0.2, -0.15) is 0 Å². The van der Waals surface area contributed by atoms with Crippen LogP contribution in [-0.2, 0) is 0 Å². The molecule has 3 nitrogen and oxygen atoms in total. The van der Waals surface area contributed by atoms with Gasteiger partial charge in [0.2, 0.25) is 0 Å². The van der Waals surface area contributed by atoms with Crippen LogP contribution in [0.5, 0.6) is 5.75 Å². The molecule has 1 aromatic rings. The molecular weight excluding hydrogens is 214 g/mol. The Hall–Kier alpha value is -1.06. The molecule has 2 N–H and O–H groups in total. The van der Waals surface area contributed by atoms with Gasteiger partial charge in [0.05, 0.1) is 0 Å². The summed E-state index contributed by atoms with van der Waals surface area (Å²) < 4.78 is 5.61. The zero-order valence-corrected chi connectivity index (χ0v) is 10.6. The summed E-state index contributed by atoms with van der Waals surface area (Å²) in [5.41, 5.74) is 0.352. The Balaban J connectivity index is 1.78. The molecule has 94 valence electrons. The number of hydrogen-bond donors (Lipinski definition) is 2. The number of rotatable bonds is 6. The van der Waals surface area contributed by atoms with Gasteiger partial charge in [-0.05, 0) is 44.4 Å². The van der Waals surface area contributed by atoms with Crippen LogP contribution in [0.2, 0.25) is 0 Å². The van der Waals surface area contributed by atoms with Crippen molar-refractivity contribution in [3.63, 3.8) is 0 Å². The Morgan fingerprint density at radius 2 is 2.24 bits per heavy atom. The van der Waals surface area contributed by atoms with Crippen molar-refractivity contribution >= 4 is 0 Å². The molecule has 1 fully saturated rings. The monoisotopic (exact) mass is 235 g/mol. The van der Waals surface area contributed by atoms with E-state index >= 15 is 0 Å². The first-order chi connectivity index (χ1) is 8.05. The van der Waals surface area contributed by atoms with E-state index in [0.29, 0.717) is 19.2 Å². The third kappa shape index (κ3) is 4.36. The highest BCUT2D eigenvalue weighted by molar-refractivity contribution is 5.27. The average Bonchev–Trinajstić information content (AvgIpc) is 3.08. The molecule has 1 atom stereocenters. The summed E-state index contributed by atoms with van der Waals surface area (Å²) in [5, 5.41) is 13.4. The van der Waals surface area contributed by atoms with Crippen molar-refractivity contribution in [2.45, 2.75) is 38.3 Å². The lowest BCUT2D eigenvalue weighted by molar-refractivity contribution is 0.0120. The summed E-state index contributed by atoms with van der Waals surface area (Å²) >= 11 is 0. The molecule has 0 spiro atoms. The van der Waals surface area contributed by atoms with Gasteiger partial charge in [-0.15, -0.1) is 0 Å². The maximum atomic E-state index is 10.1.